The first kappa shape index (κ1) is 13.8. The van der Waals surface area contributed by atoms with Crippen molar-refractivity contribution in [2.45, 2.75) is 12.3 Å². The molecule has 1 aromatic heterocycles. The Hall–Kier alpha value is -2.82. The zero-order chi connectivity index (χ0) is 16.0. The van der Waals surface area contributed by atoms with Crippen LogP contribution in [0.15, 0.2) is 42.6 Å². The minimum absolute atomic E-state index is 0.0102. The summed E-state index contributed by atoms with van der Waals surface area (Å²) in [6, 6.07) is 12.3. The Bertz CT molecular complexity index is 914. The number of amides is 1. The smallest absolute Gasteiger partial charge is 0.226 e. The molecule has 4 rings (SSSR count). The van der Waals surface area contributed by atoms with Crippen LogP contribution in [0.3, 0.4) is 0 Å². The van der Waals surface area contributed by atoms with Crippen molar-refractivity contribution in [3.05, 3.63) is 53.7 Å². The summed E-state index contributed by atoms with van der Waals surface area (Å²) in [5.74, 6) is 1.57. The fraction of sp³-hybridized carbons (Fsp3) is 0.222. The Morgan fingerprint density at radius 1 is 1.22 bits per heavy atom. The highest BCUT2D eigenvalue weighted by Gasteiger charge is 2.29. The van der Waals surface area contributed by atoms with Gasteiger partial charge >= 0.3 is 0 Å². The second kappa shape index (κ2) is 5.12. The average Bonchev–Trinajstić information content (AvgIpc) is 2.93. The highest BCUT2D eigenvalue weighted by Crippen LogP contribution is 2.37. The van der Waals surface area contributed by atoms with Gasteiger partial charge in [0.2, 0.25) is 5.91 Å². The molecule has 1 aliphatic heterocycles. The van der Waals surface area contributed by atoms with Gasteiger partial charge in [-0.05, 0) is 28.5 Å². The van der Waals surface area contributed by atoms with E-state index in [0.717, 1.165) is 27.6 Å². The topological polar surface area (TPSA) is 56.1 Å². The van der Waals surface area contributed by atoms with Crippen molar-refractivity contribution in [2.24, 2.45) is 7.05 Å². The number of benzene rings is 2. The predicted octanol–water partition coefficient (Wildman–Crippen LogP) is 3.06. The third kappa shape index (κ3) is 2.34. The lowest BCUT2D eigenvalue weighted by atomic mass is 9.86. The minimum atomic E-state index is 0.0102. The van der Waals surface area contributed by atoms with E-state index < -0.39 is 0 Å². The summed E-state index contributed by atoms with van der Waals surface area (Å²) in [7, 11) is 3.54. The lowest BCUT2D eigenvalue weighted by molar-refractivity contribution is -0.116. The van der Waals surface area contributed by atoms with Gasteiger partial charge in [0.05, 0.1) is 7.11 Å². The fourth-order valence-corrected chi connectivity index (χ4v) is 3.22. The Kier molecular flexibility index (Phi) is 3.08. The summed E-state index contributed by atoms with van der Waals surface area (Å²) in [5.41, 5.74) is 2.20. The molecule has 2 heterocycles. The maximum atomic E-state index is 12.0. The van der Waals surface area contributed by atoms with Gasteiger partial charge in [-0.1, -0.05) is 24.3 Å². The lowest BCUT2D eigenvalue weighted by Crippen LogP contribution is -2.22. The van der Waals surface area contributed by atoms with Crippen LogP contribution in [0.25, 0.3) is 10.8 Å². The van der Waals surface area contributed by atoms with Crippen LogP contribution in [-0.2, 0) is 11.8 Å². The molecule has 0 saturated carbocycles. The molecule has 0 aliphatic carbocycles. The van der Waals surface area contributed by atoms with Crippen LogP contribution in [0.5, 0.6) is 5.75 Å². The number of rotatable bonds is 2. The van der Waals surface area contributed by atoms with Crippen LogP contribution in [0, 0.1) is 0 Å². The van der Waals surface area contributed by atoms with Gasteiger partial charge in [0, 0.05) is 31.1 Å². The van der Waals surface area contributed by atoms with E-state index >= 15 is 0 Å². The number of hydrogen-bond donors (Lipinski definition) is 1. The molecule has 1 amide bonds. The number of anilines is 1. The summed E-state index contributed by atoms with van der Waals surface area (Å²) in [5, 5.41) is 9.44. The molecule has 1 atom stereocenters. The van der Waals surface area contributed by atoms with Crippen LogP contribution < -0.4 is 10.1 Å². The van der Waals surface area contributed by atoms with Gasteiger partial charge in [-0.3, -0.25) is 9.48 Å². The Morgan fingerprint density at radius 2 is 2.00 bits per heavy atom. The van der Waals surface area contributed by atoms with E-state index in [1.807, 2.05) is 31.4 Å². The zero-order valence-corrected chi connectivity index (χ0v) is 13.0. The fourth-order valence-electron chi connectivity index (χ4n) is 3.22. The maximum absolute atomic E-state index is 12.0. The molecule has 23 heavy (non-hydrogen) atoms. The van der Waals surface area contributed by atoms with Crippen molar-refractivity contribution < 1.29 is 9.53 Å². The summed E-state index contributed by atoms with van der Waals surface area (Å²) in [6.07, 6.45) is 2.43. The third-order valence-electron chi connectivity index (χ3n) is 4.35. The number of aryl methyl sites for hydroxylation is 1. The number of methoxy groups -OCH3 is 1. The number of aromatic nitrogens is 2. The number of carbonyl (C=O) groups excluding carboxylic acids is 1. The highest BCUT2D eigenvalue weighted by molar-refractivity contribution is 5.94. The quantitative estimate of drug-likeness (QED) is 0.791. The van der Waals surface area contributed by atoms with E-state index in [2.05, 4.69) is 28.6 Å². The summed E-state index contributed by atoms with van der Waals surface area (Å²) in [4.78, 5) is 12.0. The van der Waals surface area contributed by atoms with E-state index in [4.69, 9.17) is 4.74 Å². The molecule has 2 aromatic carbocycles. The van der Waals surface area contributed by atoms with Crippen molar-refractivity contribution in [2.75, 3.05) is 12.4 Å². The number of carbonyl (C=O) groups is 1. The van der Waals surface area contributed by atoms with E-state index in [-0.39, 0.29) is 11.8 Å². The second-order valence-electron chi connectivity index (χ2n) is 5.88. The number of nitrogens with one attached hydrogen (secondary N) is 1. The molecule has 5 heteroatoms. The molecule has 0 radical (unpaired) electrons. The van der Waals surface area contributed by atoms with Crippen molar-refractivity contribution in [3.8, 4) is 5.75 Å². The zero-order valence-electron chi connectivity index (χ0n) is 13.0. The van der Waals surface area contributed by atoms with Crippen molar-refractivity contribution >= 4 is 22.5 Å². The minimum Gasteiger partial charge on any atom is -0.497 e. The third-order valence-corrected chi connectivity index (χ3v) is 4.35. The largest absolute Gasteiger partial charge is 0.497 e. The number of nitrogens with zero attached hydrogens (tertiary/aromatic N) is 2. The van der Waals surface area contributed by atoms with E-state index in [1.165, 1.54) is 0 Å². The summed E-state index contributed by atoms with van der Waals surface area (Å²) in [6.45, 7) is 0. The van der Waals surface area contributed by atoms with Crippen LogP contribution >= 0.6 is 0 Å². The van der Waals surface area contributed by atoms with Gasteiger partial charge in [0.25, 0.3) is 0 Å². The predicted molar refractivity (Wildman–Crippen MR) is 88.8 cm³/mol. The number of fused-ring (bicyclic) bond motifs is 2. The van der Waals surface area contributed by atoms with Gasteiger partial charge in [-0.25, -0.2) is 0 Å². The van der Waals surface area contributed by atoms with Gasteiger partial charge < -0.3 is 10.1 Å². The molecular formula is C18H17N3O2. The van der Waals surface area contributed by atoms with Gasteiger partial charge in [-0.2, -0.15) is 5.10 Å². The van der Waals surface area contributed by atoms with E-state index in [1.54, 1.807) is 11.8 Å². The molecule has 1 aliphatic rings. The van der Waals surface area contributed by atoms with Crippen LogP contribution in [0.1, 0.15) is 23.5 Å². The van der Waals surface area contributed by atoms with Crippen LogP contribution in [0.4, 0.5) is 5.82 Å². The molecule has 0 fully saturated rings. The van der Waals surface area contributed by atoms with Crippen molar-refractivity contribution in [1.82, 2.24) is 9.78 Å². The van der Waals surface area contributed by atoms with Gasteiger partial charge in [0.15, 0.2) is 5.82 Å². The summed E-state index contributed by atoms with van der Waals surface area (Å²) < 4.78 is 7.01. The van der Waals surface area contributed by atoms with Crippen LogP contribution in [0.2, 0.25) is 0 Å². The first-order chi connectivity index (χ1) is 11.1. The molecule has 0 spiro atoms. The Labute approximate surface area is 133 Å². The molecule has 0 bridgehead atoms. The van der Waals surface area contributed by atoms with Crippen molar-refractivity contribution in [3.63, 3.8) is 0 Å². The maximum Gasteiger partial charge on any atom is 0.226 e. The first-order valence-electron chi connectivity index (χ1n) is 7.55. The van der Waals surface area contributed by atoms with E-state index in [0.29, 0.717) is 12.2 Å². The molecular weight excluding hydrogens is 290 g/mol. The Morgan fingerprint density at radius 3 is 2.83 bits per heavy atom. The Balaban J connectivity index is 1.81. The molecule has 0 saturated heterocycles. The van der Waals surface area contributed by atoms with Crippen LogP contribution in [-0.4, -0.2) is 22.8 Å². The van der Waals surface area contributed by atoms with Gasteiger partial charge in [-0.15, -0.1) is 0 Å². The molecule has 5 nitrogen and oxygen atoms in total. The number of hydrogen-bond acceptors (Lipinski definition) is 3. The molecule has 1 unspecified atom stereocenters. The molecule has 3 aromatic rings. The standard InChI is InChI=1S/C18H17N3O2/c1-21-10-16-15(9-17(22)19-18(16)20-21)13-4-3-12-8-14(23-2)6-5-11(12)7-13/h3-8,10,15H,9H2,1-2H3,(H,19,20,22). The molecule has 116 valence electrons. The highest BCUT2D eigenvalue weighted by atomic mass is 16.5. The second-order valence-corrected chi connectivity index (χ2v) is 5.88. The molecule has 1 N–H and O–H groups in total. The monoisotopic (exact) mass is 307 g/mol. The average molecular weight is 307 g/mol. The van der Waals surface area contributed by atoms with Gasteiger partial charge in [0.1, 0.15) is 5.75 Å². The van der Waals surface area contributed by atoms with Crippen molar-refractivity contribution in [1.29, 1.82) is 0 Å². The normalized spacial score (nSPS) is 17.0. The van der Waals surface area contributed by atoms with E-state index in [9.17, 15) is 4.79 Å². The summed E-state index contributed by atoms with van der Waals surface area (Å²) >= 11 is 0. The first-order valence-corrected chi connectivity index (χ1v) is 7.55. The number of ether oxygens (including phenoxy) is 1. The SMILES string of the molecule is COc1ccc2cc(C3CC(=O)Nc4nn(C)cc43)ccc2c1. The lowest BCUT2D eigenvalue weighted by Gasteiger charge is -2.22.